The first-order valence-electron chi connectivity index (χ1n) is 9.72. The van der Waals surface area contributed by atoms with Gasteiger partial charge in [-0.05, 0) is 73.8 Å². The Morgan fingerprint density at radius 2 is 1.81 bits per heavy atom. The number of benzene rings is 1. The van der Waals surface area contributed by atoms with Crippen LogP contribution in [0.15, 0.2) is 24.3 Å². The van der Waals surface area contributed by atoms with E-state index in [-0.39, 0.29) is 5.91 Å². The number of aryl methyl sites for hydroxylation is 2. The third-order valence-corrected chi connectivity index (χ3v) is 6.99. The van der Waals surface area contributed by atoms with Gasteiger partial charge in [0.2, 0.25) is 0 Å². The monoisotopic (exact) mass is 369 g/mol. The predicted molar refractivity (Wildman–Crippen MR) is 107 cm³/mol. The van der Waals surface area contributed by atoms with Crippen molar-refractivity contribution in [3.05, 3.63) is 45.8 Å². The predicted octanol–water partition coefficient (Wildman–Crippen LogP) is 5.16. The molecule has 0 N–H and O–H groups in total. The molecule has 0 saturated carbocycles. The average Bonchev–Trinajstić information content (AvgIpc) is 3.32. The highest BCUT2D eigenvalue weighted by Crippen LogP contribution is 2.36. The fourth-order valence-electron chi connectivity index (χ4n) is 4.20. The summed E-state index contributed by atoms with van der Waals surface area (Å²) in [4.78, 5) is 16.9. The van der Waals surface area contributed by atoms with Gasteiger partial charge in [-0.25, -0.2) is 0 Å². The van der Waals surface area contributed by atoms with E-state index in [0.717, 1.165) is 62.4 Å². The number of hydrogen-bond acceptors (Lipinski definition) is 3. The van der Waals surface area contributed by atoms with Crippen molar-refractivity contribution in [3.8, 4) is 10.4 Å². The number of rotatable bonds is 3. The molecule has 138 valence electrons. The number of carbonyl (C=O) groups excluding carboxylic acids is 1. The van der Waals surface area contributed by atoms with Gasteiger partial charge in [0.15, 0.2) is 0 Å². The first-order valence-corrected chi connectivity index (χ1v) is 10.5. The third-order valence-electron chi connectivity index (χ3n) is 5.72. The highest BCUT2D eigenvalue weighted by atomic mass is 32.1. The maximum absolute atomic E-state index is 12.8. The Balaban J connectivity index is 1.58. The molecule has 0 atom stereocenters. The molecule has 1 aromatic carbocycles. The Morgan fingerprint density at radius 1 is 1.08 bits per heavy atom. The summed E-state index contributed by atoms with van der Waals surface area (Å²) in [5.41, 5.74) is 5.14. The van der Waals surface area contributed by atoms with Crippen LogP contribution in [-0.4, -0.2) is 37.1 Å². The lowest BCUT2D eigenvalue weighted by atomic mass is 9.88. The van der Waals surface area contributed by atoms with Crippen LogP contribution in [0.5, 0.6) is 0 Å². The molecule has 0 unspecified atom stereocenters. The van der Waals surface area contributed by atoms with Crippen LogP contribution >= 0.6 is 11.3 Å². The van der Waals surface area contributed by atoms with Crippen molar-refractivity contribution in [1.29, 1.82) is 0 Å². The zero-order valence-corrected chi connectivity index (χ0v) is 16.5. The van der Waals surface area contributed by atoms with E-state index in [0.29, 0.717) is 5.92 Å². The molecule has 3 nitrogen and oxygen atoms in total. The van der Waals surface area contributed by atoms with Gasteiger partial charge in [-0.2, -0.15) is 0 Å². The Kier molecular flexibility index (Phi) is 5.14. The molecular weight excluding hydrogens is 342 g/mol. The van der Waals surface area contributed by atoms with Gasteiger partial charge in [0.05, 0.1) is 4.88 Å². The number of hydrogen-bond donors (Lipinski definition) is 0. The molecule has 0 spiro atoms. The van der Waals surface area contributed by atoms with Crippen molar-refractivity contribution in [2.75, 3.05) is 26.3 Å². The number of amides is 1. The molecule has 2 saturated heterocycles. The van der Waals surface area contributed by atoms with Crippen molar-refractivity contribution >= 4 is 17.2 Å². The maximum Gasteiger partial charge on any atom is 0.264 e. The summed E-state index contributed by atoms with van der Waals surface area (Å²) in [6, 6.07) is 8.99. The molecule has 26 heavy (non-hydrogen) atoms. The smallest absolute Gasteiger partial charge is 0.264 e. The molecule has 4 rings (SSSR count). The van der Waals surface area contributed by atoms with Crippen LogP contribution in [0.4, 0.5) is 0 Å². The second-order valence-electron chi connectivity index (χ2n) is 7.58. The maximum atomic E-state index is 12.8. The summed E-state index contributed by atoms with van der Waals surface area (Å²) in [5.74, 6) is 0.835. The molecule has 0 aliphatic carbocycles. The number of likely N-dealkylation sites (tertiary alicyclic amines) is 1. The van der Waals surface area contributed by atoms with Gasteiger partial charge in [0.25, 0.3) is 5.91 Å². The standard InChI is InChI=1S/C22H27NO2S/c1-15-13-18(5-6-19(15)17-7-11-25-12-8-17)20-14-16(2)21(26-20)22(24)23-9-3-4-10-23/h5-6,13-14,17H,3-4,7-12H2,1-2H3. The lowest BCUT2D eigenvalue weighted by Crippen LogP contribution is -2.27. The molecule has 4 heteroatoms. The minimum atomic E-state index is 0.215. The van der Waals surface area contributed by atoms with E-state index >= 15 is 0 Å². The molecule has 1 aromatic heterocycles. The van der Waals surface area contributed by atoms with Gasteiger partial charge in [-0.3, -0.25) is 4.79 Å². The zero-order valence-electron chi connectivity index (χ0n) is 15.7. The summed E-state index contributed by atoms with van der Waals surface area (Å²) in [6.45, 7) is 7.84. The highest BCUT2D eigenvalue weighted by molar-refractivity contribution is 7.17. The number of ether oxygens (including phenoxy) is 1. The first kappa shape index (κ1) is 17.7. The third kappa shape index (κ3) is 3.45. The average molecular weight is 370 g/mol. The van der Waals surface area contributed by atoms with Crippen LogP contribution in [0, 0.1) is 13.8 Å². The second kappa shape index (κ2) is 7.53. The summed E-state index contributed by atoms with van der Waals surface area (Å²) < 4.78 is 5.50. The Labute approximate surface area is 160 Å². The van der Waals surface area contributed by atoms with Gasteiger partial charge in [-0.1, -0.05) is 18.2 Å². The van der Waals surface area contributed by atoms with Gasteiger partial charge < -0.3 is 9.64 Å². The first-order chi connectivity index (χ1) is 12.6. The van der Waals surface area contributed by atoms with Gasteiger partial charge in [-0.15, -0.1) is 11.3 Å². The van der Waals surface area contributed by atoms with Crippen LogP contribution < -0.4 is 0 Å². The van der Waals surface area contributed by atoms with Crippen LogP contribution in [0.3, 0.4) is 0 Å². The Morgan fingerprint density at radius 3 is 2.50 bits per heavy atom. The van der Waals surface area contributed by atoms with Crippen LogP contribution in [0.25, 0.3) is 10.4 Å². The van der Waals surface area contributed by atoms with Gasteiger partial charge in [0, 0.05) is 31.2 Å². The molecule has 3 heterocycles. The minimum absolute atomic E-state index is 0.215. The zero-order chi connectivity index (χ0) is 18.1. The summed E-state index contributed by atoms with van der Waals surface area (Å²) >= 11 is 1.65. The fraction of sp³-hybridized carbons (Fsp3) is 0.500. The summed E-state index contributed by atoms with van der Waals surface area (Å²) in [5, 5.41) is 0. The number of thiophene rings is 1. The summed E-state index contributed by atoms with van der Waals surface area (Å²) in [6.07, 6.45) is 4.51. The fourth-order valence-corrected chi connectivity index (χ4v) is 5.33. The largest absolute Gasteiger partial charge is 0.381 e. The van der Waals surface area contributed by atoms with E-state index in [9.17, 15) is 4.79 Å². The molecule has 2 aliphatic heterocycles. The minimum Gasteiger partial charge on any atom is -0.381 e. The van der Waals surface area contributed by atoms with E-state index < -0.39 is 0 Å². The van der Waals surface area contributed by atoms with Gasteiger partial charge in [0.1, 0.15) is 0 Å². The Hall–Kier alpha value is -1.65. The van der Waals surface area contributed by atoms with E-state index in [1.807, 2.05) is 4.90 Å². The highest BCUT2D eigenvalue weighted by Gasteiger charge is 2.23. The molecular formula is C22H27NO2S. The molecule has 2 aromatic rings. The quantitative estimate of drug-likeness (QED) is 0.748. The molecule has 1 amide bonds. The molecule has 2 aliphatic rings. The van der Waals surface area contributed by atoms with E-state index in [4.69, 9.17) is 4.74 Å². The van der Waals surface area contributed by atoms with Crippen molar-refractivity contribution in [3.63, 3.8) is 0 Å². The summed E-state index contributed by atoms with van der Waals surface area (Å²) in [7, 11) is 0. The van der Waals surface area contributed by atoms with Crippen molar-refractivity contribution in [2.24, 2.45) is 0 Å². The molecule has 2 fully saturated rings. The van der Waals surface area contributed by atoms with Crippen molar-refractivity contribution < 1.29 is 9.53 Å². The normalized spacial score (nSPS) is 18.5. The second-order valence-corrected chi connectivity index (χ2v) is 8.63. The molecule has 0 radical (unpaired) electrons. The van der Waals surface area contributed by atoms with Crippen LogP contribution in [-0.2, 0) is 4.74 Å². The number of carbonyl (C=O) groups is 1. The lowest BCUT2D eigenvalue weighted by molar-refractivity contribution is 0.0797. The van der Waals surface area contributed by atoms with Crippen LogP contribution in [0.1, 0.15) is 58.0 Å². The van der Waals surface area contributed by atoms with E-state index in [2.05, 4.69) is 38.1 Å². The van der Waals surface area contributed by atoms with Crippen molar-refractivity contribution in [1.82, 2.24) is 4.90 Å². The SMILES string of the molecule is Cc1cc(-c2cc(C)c(C(=O)N3CCCC3)s2)ccc1C1CCOCC1. The molecule has 0 bridgehead atoms. The number of nitrogens with zero attached hydrogens (tertiary/aromatic N) is 1. The van der Waals surface area contributed by atoms with E-state index in [1.165, 1.54) is 21.6 Å². The lowest BCUT2D eigenvalue weighted by Gasteiger charge is -2.24. The van der Waals surface area contributed by atoms with Crippen molar-refractivity contribution in [2.45, 2.75) is 45.4 Å². The topological polar surface area (TPSA) is 29.5 Å². The van der Waals surface area contributed by atoms with Gasteiger partial charge >= 0.3 is 0 Å². The Bertz CT molecular complexity index is 798. The van der Waals surface area contributed by atoms with Crippen LogP contribution in [0.2, 0.25) is 0 Å². The van der Waals surface area contributed by atoms with E-state index in [1.54, 1.807) is 11.3 Å².